The molecule has 1 saturated heterocycles. The van der Waals surface area contributed by atoms with Gasteiger partial charge in [0.25, 0.3) is 0 Å². The molecule has 10 heavy (non-hydrogen) atoms. The lowest BCUT2D eigenvalue weighted by Gasteiger charge is -2.36. The Labute approximate surface area is 61.1 Å². The molecule has 1 aliphatic rings. The lowest BCUT2D eigenvalue weighted by atomic mass is 9.84. The van der Waals surface area contributed by atoms with Crippen LogP contribution in [0, 0.1) is 5.92 Å². The van der Waals surface area contributed by atoms with Crippen molar-refractivity contribution in [2.45, 2.75) is 18.9 Å². The maximum absolute atomic E-state index is 9.61. The minimum atomic E-state index is -0.715. The predicted octanol–water partition coefficient (Wildman–Crippen LogP) is -0.661. The van der Waals surface area contributed by atoms with Gasteiger partial charge in [-0.15, -0.1) is 0 Å². The Morgan fingerprint density at radius 3 is 2.80 bits per heavy atom. The van der Waals surface area contributed by atoms with Crippen molar-refractivity contribution in [1.29, 1.82) is 0 Å². The highest BCUT2D eigenvalue weighted by Gasteiger charge is 2.33. The number of nitrogens with one attached hydrogen (secondary N) is 1. The van der Waals surface area contributed by atoms with Crippen LogP contribution in [0.5, 0.6) is 0 Å². The Bertz CT molecular complexity index is 114. The number of hydrogen-bond acceptors (Lipinski definition) is 3. The van der Waals surface area contributed by atoms with E-state index in [1.807, 2.05) is 0 Å². The fraction of sp³-hybridized carbons (Fsp3) is 1.00. The van der Waals surface area contributed by atoms with Crippen LogP contribution in [-0.2, 0) is 0 Å². The van der Waals surface area contributed by atoms with E-state index in [4.69, 9.17) is 5.11 Å². The minimum Gasteiger partial charge on any atom is -0.396 e. The number of β-amino-alcohol motifs (C(OH)–C–C–N with tert-alkyl or cyclic N) is 1. The first-order valence-electron chi connectivity index (χ1n) is 3.71. The number of aliphatic hydroxyl groups excluding tert-OH is 1. The highest BCUT2D eigenvalue weighted by Crippen LogP contribution is 2.21. The number of aliphatic hydroxyl groups is 2. The van der Waals surface area contributed by atoms with E-state index < -0.39 is 5.60 Å². The first-order valence-corrected chi connectivity index (χ1v) is 3.71. The third-order valence-electron chi connectivity index (χ3n) is 2.25. The van der Waals surface area contributed by atoms with Crippen molar-refractivity contribution in [3.8, 4) is 0 Å². The average molecular weight is 145 g/mol. The Kier molecular flexibility index (Phi) is 2.28. The maximum Gasteiger partial charge on any atom is 0.0793 e. The molecule has 60 valence electrons. The molecule has 0 amide bonds. The van der Waals surface area contributed by atoms with Crippen molar-refractivity contribution < 1.29 is 10.2 Å². The van der Waals surface area contributed by atoms with Crippen molar-refractivity contribution in [2.24, 2.45) is 5.92 Å². The van der Waals surface area contributed by atoms with Crippen molar-refractivity contribution in [3.05, 3.63) is 0 Å². The van der Waals surface area contributed by atoms with Crippen LogP contribution < -0.4 is 5.32 Å². The van der Waals surface area contributed by atoms with Crippen LogP contribution in [0.2, 0.25) is 0 Å². The summed E-state index contributed by atoms with van der Waals surface area (Å²) in [4.78, 5) is 0. The van der Waals surface area contributed by atoms with Gasteiger partial charge in [0.05, 0.1) is 5.60 Å². The molecule has 0 bridgehead atoms. The van der Waals surface area contributed by atoms with E-state index in [9.17, 15) is 5.11 Å². The second-order valence-electron chi connectivity index (χ2n) is 3.20. The number of piperidine rings is 1. The van der Waals surface area contributed by atoms with Gasteiger partial charge in [0.15, 0.2) is 0 Å². The van der Waals surface area contributed by atoms with Crippen molar-refractivity contribution in [2.75, 3.05) is 19.7 Å². The van der Waals surface area contributed by atoms with Gasteiger partial charge in [-0.3, -0.25) is 0 Å². The average Bonchev–Trinajstić information content (AvgIpc) is 1.87. The second-order valence-corrected chi connectivity index (χ2v) is 3.20. The van der Waals surface area contributed by atoms with E-state index >= 15 is 0 Å². The first-order chi connectivity index (χ1) is 4.67. The summed E-state index contributed by atoms with van der Waals surface area (Å²) < 4.78 is 0. The normalized spacial score (nSPS) is 41.7. The third kappa shape index (κ3) is 1.48. The molecule has 0 saturated carbocycles. The highest BCUT2D eigenvalue weighted by atomic mass is 16.3. The fourth-order valence-electron chi connectivity index (χ4n) is 1.36. The van der Waals surface area contributed by atoms with Gasteiger partial charge >= 0.3 is 0 Å². The summed E-state index contributed by atoms with van der Waals surface area (Å²) in [6.45, 7) is 3.36. The van der Waals surface area contributed by atoms with E-state index in [1.165, 1.54) is 0 Å². The van der Waals surface area contributed by atoms with Gasteiger partial charge < -0.3 is 15.5 Å². The van der Waals surface area contributed by atoms with E-state index in [2.05, 4.69) is 5.32 Å². The monoisotopic (exact) mass is 145 g/mol. The molecule has 0 aromatic carbocycles. The zero-order chi connectivity index (χ0) is 7.61. The SMILES string of the molecule is C[C@@]1(O)CNCC[C@@H]1CO. The van der Waals surface area contributed by atoms with Crippen LogP contribution in [0.25, 0.3) is 0 Å². The van der Waals surface area contributed by atoms with Crippen molar-refractivity contribution >= 4 is 0 Å². The van der Waals surface area contributed by atoms with Gasteiger partial charge in [0, 0.05) is 19.1 Å². The summed E-state index contributed by atoms with van der Waals surface area (Å²) in [7, 11) is 0. The van der Waals surface area contributed by atoms with Crippen LogP contribution in [0.1, 0.15) is 13.3 Å². The molecule has 0 aromatic rings. The van der Waals surface area contributed by atoms with Crippen LogP contribution in [0.4, 0.5) is 0 Å². The molecule has 0 aliphatic carbocycles. The van der Waals surface area contributed by atoms with E-state index in [-0.39, 0.29) is 12.5 Å². The molecular formula is C7H15NO2. The third-order valence-corrected chi connectivity index (χ3v) is 2.25. The smallest absolute Gasteiger partial charge is 0.0793 e. The lowest BCUT2D eigenvalue weighted by Crippen LogP contribution is -2.51. The van der Waals surface area contributed by atoms with Crippen LogP contribution in [0.3, 0.4) is 0 Å². The number of rotatable bonds is 1. The Hall–Kier alpha value is -0.120. The van der Waals surface area contributed by atoms with E-state index in [0.717, 1.165) is 13.0 Å². The largest absolute Gasteiger partial charge is 0.396 e. The number of hydrogen-bond donors (Lipinski definition) is 3. The van der Waals surface area contributed by atoms with Crippen LogP contribution >= 0.6 is 0 Å². The first kappa shape index (κ1) is 7.98. The van der Waals surface area contributed by atoms with E-state index in [0.29, 0.717) is 6.54 Å². The Morgan fingerprint density at radius 1 is 1.70 bits per heavy atom. The highest BCUT2D eigenvalue weighted by molar-refractivity contribution is 4.87. The summed E-state index contributed by atoms with van der Waals surface area (Å²) in [5.74, 6) is 0.0498. The zero-order valence-corrected chi connectivity index (χ0v) is 6.30. The predicted molar refractivity (Wildman–Crippen MR) is 38.7 cm³/mol. The summed E-state index contributed by atoms with van der Waals surface area (Å²) in [6, 6.07) is 0. The molecule has 1 heterocycles. The van der Waals surface area contributed by atoms with Crippen molar-refractivity contribution in [3.63, 3.8) is 0 Å². The topological polar surface area (TPSA) is 52.5 Å². The molecule has 0 radical (unpaired) electrons. The van der Waals surface area contributed by atoms with Gasteiger partial charge in [0.2, 0.25) is 0 Å². The molecule has 3 N–H and O–H groups in total. The Balaban J connectivity index is 2.51. The summed E-state index contributed by atoms with van der Waals surface area (Å²) in [5.41, 5.74) is -0.715. The standard InChI is InChI=1S/C7H15NO2/c1-7(10)5-8-3-2-6(7)4-9/h6,8-10H,2-5H2,1H3/t6-,7-/m1/s1. The van der Waals surface area contributed by atoms with E-state index in [1.54, 1.807) is 6.92 Å². The Morgan fingerprint density at radius 2 is 2.40 bits per heavy atom. The van der Waals surface area contributed by atoms with Gasteiger partial charge in [-0.1, -0.05) is 0 Å². The van der Waals surface area contributed by atoms with Gasteiger partial charge in [-0.05, 0) is 19.9 Å². The molecule has 3 heteroatoms. The molecule has 1 rings (SSSR count). The zero-order valence-electron chi connectivity index (χ0n) is 6.30. The van der Waals surface area contributed by atoms with Crippen molar-refractivity contribution in [1.82, 2.24) is 5.32 Å². The fourth-order valence-corrected chi connectivity index (χ4v) is 1.36. The van der Waals surface area contributed by atoms with Gasteiger partial charge in [-0.2, -0.15) is 0 Å². The summed E-state index contributed by atoms with van der Waals surface area (Å²) in [5, 5.41) is 21.5. The molecule has 1 fully saturated rings. The molecule has 1 aliphatic heterocycles. The summed E-state index contributed by atoms with van der Waals surface area (Å²) >= 11 is 0. The molecular weight excluding hydrogens is 130 g/mol. The van der Waals surface area contributed by atoms with Crippen LogP contribution in [0.15, 0.2) is 0 Å². The summed E-state index contributed by atoms with van der Waals surface area (Å²) in [6.07, 6.45) is 0.865. The van der Waals surface area contributed by atoms with Crippen LogP contribution in [-0.4, -0.2) is 35.5 Å². The molecule has 3 nitrogen and oxygen atoms in total. The second kappa shape index (κ2) is 2.86. The molecule has 2 atom stereocenters. The maximum atomic E-state index is 9.61. The quantitative estimate of drug-likeness (QED) is 0.459. The molecule has 0 aromatic heterocycles. The van der Waals surface area contributed by atoms with Gasteiger partial charge in [0.1, 0.15) is 0 Å². The molecule has 0 spiro atoms. The lowest BCUT2D eigenvalue weighted by molar-refractivity contribution is -0.0408. The van der Waals surface area contributed by atoms with Gasteiger partial charge in [-0.25, -0.2) is 0 Å². The minimum absolute atomic E-state index is 0.0498. The molecule has 0 unspecified atom stereocenters.